The molecule has 1 aromatic heterocycles. The lowest BCUT2D eigenvalue weighted by Gasteiger charge is -2.29. The first-order valence-corrected chi connectivity index (χ1v) is 8.62. The third kappa shape index (κ3) is 3.30. The van der Waals surface area contributed by atoms with Crippen molar-refractivity contribution in [2.75, 3.05) is 37.7 Å². The van der Waals surface area contributed by atoms with E-state index < -0.39 is 10.5 Å². The number of piperazine rings is 1. The molecular weight excluding hydrogens is 338 g/mol. The second kappa shape index (κ2) is 6.49. The highest BCUT2D eigenvalue weighted by molar-refractivity contribution is 5.49. The van der Waals surface area contributed by atoms with Crippen molar-refractivity contribution in [3.63, 3.8) is 0 Å². The van der Waals surface area contributed by atoms with Gasteiger partial charge in [0.05, 0.1) is 6.54 Å². The lowest BCUT2D eigenvalue weighted by molar-refractivity contribution is -0.389. The van der Waals surface area contributed by atoms with E-state index >= 15 is 0 Å². The smallest absolute Gasteiger partial charge is 0.415 e. The summed E-state index contributed by atoms with van der Waals surface area (Å²) >= 11 is 0. The van der Waals surface area contributed by atoms with Gasteiger partial charge in [0.15, 0.2) is 5.60 Å². The molecule has 2 aromatic rings. The molecule has 9 nitrogen and oxygen atoms in total. The van der Waals surface area contributed by atoms with Gasteiger partial charge < -0.3 is 29.8 Å². The average molecular weight is 359 g/mol. The Bertz CT molecular complexity index is 774. The van der Waals surface area contributed by atoms with Crippen LogP contribution < -0.4 is 19.7 Å². The van der Waals surface area contributed by atoms with Crippen LogP contribution in [-0.2, 0) is 6.54 Å². The van der Waals surface area contributed by atoms with Gasteiger partial charge in [0, 0.05) is 36.9 Å². The fraction of sp³-hybridized carbons (Fsp3) is 0.471. The first-order chi connectivity index (χ1) is 12.5. The molecule has 1 unspecified atom stereocenters. The largest absolute Gasteiger partial charge is 0.489 e. The van der Waals surface area contributed by atoms with Crippen LogP contribution in [0.25, 0.3) is 0 Å². The Labute approximate surface area is 150 Å². The number of hydrogen-bond donors (Lipinski definition) is 1. The summed E-state index contributed by atoms with van der Waals surface area (Å²) in [6.07, 6.45) is 1.39. The van der Waals surface area contributed by atoms with Gasteiger partial charge in [-0.15, -0.1) is 0 Å². The maximum atomic E-state index is 10.8. The third-order valence-electron chi connectivity index (χ3n) is 4.62. The number of aromatic nitrogens is 2. The van der Waals surface area contributed by atoms with Gasteiger partial charge >= 0.3 is 11.8 Å². The molecule has 2 aliphatic heterocycles. The Morgan fingerprint density at radius 3 is 2.73 bits per heavy atom. The Hall–Kier alpha value is -2.81. The maximum Gasteiger partial charge on any atom is 0.415 e. The summed E-state index contributed by atoms with van der Waals surface area (Å²) < 4.78 is 13.3. The molecule has 3 heterocycles. The first-order valence-electron chi connectivity index (χ1n) is 8.62. The Morgan fingerprint density at radius 1 is 1.35 bits per heavy atom. The van der Waals surface area contributed by atoms with Crippen LogP contribution >= 0.6 is 0 Å². The van der Waals surface area contributed by atoms with Crippen LogP contribution in [-0.4, -0.2) is 52.9 Å². The zero-order valence-corrected chi connectivity index (χ0v) is 14.6. The fourth-order valence-electron chi connectivity index (χ4n) is 3.27. The standard InChI is InChI=1S/C17H21N5O4/c1-17(11-21-10-15(22(23)24)19-16(21)26-17)12-25-14-4-2-13(3-5-14)20-8-6-18-7-9-20/h2-5,10,18H,6-9,11-12H2,1H3. The summed E-state index contributed by atoms with van der Waals surface area (Å²) in [5.74, 6) is 0.565. The van der Waals surface area contributed by atoms with E-state index in [1.54, 1.807) is 4.57 Å². The molecule has 0 radical (unpaired) electrons. The fourth-order valence-corrected chi connectivity index (χ4v) is 3.27. The minimum absolute atomic E-state index is 0.202. The zero-order valence-electron chi connectivity index (χ0n) is 14.6. The number of anilines is 1. The Balaban J connectivity index is 1.35. The molecule has 0 spiro atoms. The van der Waals surface area contributed by atoms with Crippen LogP contribution in [0, 0.1) is 10.1 Å². The molecule has 1 N–H and O–H groups in total. The van der Waals surface area contributed by atoms with Crippen LogP contribution in [0.1, 0.15) is 6.92 Å². The molecular formula is C17H21N5O4. The number of benzene rings is 1. The normalized spacial score (nSPS) is 22.0. The second-order valence-electron chi connectivity index (χ2n) is 6.84. The molecule has 9 heteroatoms. The summed E-state index contributed by atoms with van der Waals surface area (Å²) in [5.41, 5.74) is 0.587. The number of hydrogen-bond acceptors (Lipinski definition) is 7. The molecule has 1 atom stereocenters. The second-order valence-corrected chi connectivity index (χ2v) is 6.84. The summed E-state index contributed by atoms with van der Waals surface area (Å²) in [6.45, 7) is 6.71. The van der Waals surface area contributed by atoms with Crippen molar-refractivity contribution in [3.05, 3.63) is 40.6 Å². The molecule has 1 aromatic carbocycles. The number of ether oxygens (including phenoxy) is 2. The molecule has 4 rings (SSSR count). The lowest BCUT2D eigenvalue weighted by atomic mass is 10.1. The number of rotatable bonds is 5. The minimum Gasteiger partial charge on any atom is -0.489 e. The van der Waals surface area contributed by atoms with Crippen molar-refractivity contribution in [1.29, 1.82) is 0 Å². The Morgan fingerprint density at radius 2 is 2.08 bits per heavy atom. The van der Waals surface area contributed by atoms with Crippen LogP contribution in [0.3, 0.4) is 0 Å². The molecule has 1 fully saturated rings. The Kier molecular flexibility index (Phi) is 4.15. The van der Waals surface area contributed by atoms with Gasteiger partial charge in [0.25, 0.3) is 0 Å². The van der Waals surface area contributed by atoms with E-state index in [-0.39, 0.29) is 11.8 Å². The van der Waals surface area contributed by atoms with E-state index in [4.69, 9.17) is 9.47 Å². The maximum absolute atomic E-state index is 10.8. The number of imidazole rings is 1. The molecule has 2 aliphatic rings. The molecule has 138 valence electrons. The number of nitro groups is 1. The van der Waals surface area contributed by atoms with Crippen molar-refractivity contribution in [2.24, 2.45) is 0 Å². The van der Waals surface area contributed by atoms with Gasteiger partial charge in [-0.2, -0.15) is 0 Å². The van der Waals surface area contributed by atoms with Crippen molar-refractivity contribution in [2.45, 2.75) is 19.1 Å². The predicted octanol–water partition coefficient (Wildman–Crippen LogP) is 1.43. The highest BCUT2D eigenvalue weighted by Gasteiger charge is 2.41. The molecule has 26 heavy (non-hydrogen) atoms. The third-order valence-corrected chi connectivity index (χ3v) is 4.62. The van der Waals surface area contributed by atoms with Gasteiger partial charge in [-0.25, -0.2) is 0 Å². The van der Waals surface area contributed by atoms with E-state index in [9.17, 15) is 10.1 Å². The molecule has 0 bridgehead atoms. The quantitative estimate of drug-likeness (QED) is 0.637. The van der Waals surface area contributed by atoms with Crippen molar-refractivity contribution >= 4 is 11.5 Å². The van der Waals surface area contributed by atoms with Gasteiger partial charge in [-0.1, -0.05) is 0 Å². The number of nitrogens with one attached hydrogen (secondary N) is 1. The van der Waals surface area contributed by atoms with Crippen LogP contribution in [0.2, 0.25) is 0 Å². The molecule has 1 saturated heterocycles. The van der Waals surface area contributed by atoms with E-state index in [0.717, 1.165) is 31.9 Å². The topological polar surface area (TPSA) is 94.7 Å². The van der Waals surface area contributed by atoms with Gasteiger partial charge in [0.2, 0.25) is 0 Å². The lowest BCUT2D eigenvalue weighted by Crippen LogP contribution is -2.43. The SMILES string of the molecule is CC1(COc2ccc(N3CCNCC3)cc2)Cn2cc([N+](=O)[O-])nc2O1. The van der Waals surface area contributed by atoms with E-state index in [1.807, 2.05) is 19.1 Å². The van der Waals surface area contributed by atoms with Crippen LogP contribution in [0.4, 0.5) is 11.5 Å². The summed E-state index contributed by atoms with van der Waals surface area (Å²) in [5, 5.41) is 14.1. The van der Waals surface area contributed by atoms with Crippen LogP contribution in [0.5, 0.6) is 11.8 Å². The monoisotopic (exact) mass is 359 g/mol. The van der Waals surface area contributed by atoms with Gasteiger partial charge in [-0.05, 0) is 36.1 Å². The summed E-state index contributed by atoms with van der Waals surface area (Å²) in [4.78, 5) is 16.5. The van der Waals surface area contributed by atoms with Gasteiger partial charge in [-0.3, -0.25) is 4.57 Å². The predicted molar refractivity (Wildman–Crippen MR) is 94.9 cm³/mol. The van der Waals surface area contributed by atoms with E-state index in [2.05, 4.69) is 27.3 Å². The van der Waals surface area contributed by atoms with Crippen molar-refractivity contribution < 1.29 is 14.4 Å². The first kappa shape index (κ1) is 16.6. The minimum atomic E-state index is -0.603. The van der Waals surface area contributed by atoms with Crippen molar-refractivity contribution in [3.8, 4) is 11.8 Å². The molecule has 0 saturated carbocycles. The number of nitrogens with zero attached hydrogens (tertiary/aromatic N) is 4. The van der Waals surface area contributed by atoms with Crippen molar-refractivity contribution in [1.82, 2.24) is 14.9 Å². The zero-order chi connectivity index (χ0) is 18.1. The van der Waals surface area contributed by atoms with E-state index in [1.165, 1.54) is 11.9 Å². The molecule has 0 amide bonds. The molecule has 0 aliphatic carbocycles. The summed E-state index contributed by atoms with van der Waals surface area (Å²) in [6, 6.07) is 8.30. The van der Waals surface area contributed by atoms with Crippen LogP contribution in [0.15, 0.2) is 30.5 Å². The average Bonchev–Trinajstić information content (AvgIpc) is 3.17. The highest BCUT2D eigenvalue weighted by atomic mass is 16.6. The van der Waals surface area contributed by atoms with Gasteiger partial charge in [0.1, 0.15) is 18.6 Å². The van der Waals surface area contributed by atoms with E-state index in [0.29, 0.717) is 13.2 Å². The highest BCUT2D eigenvalue weighted by Crippen LogP contribution is 2.31. The summed E-state index contributed by atoms with van der Waals surface area (Å²) in [7, 11) is 0. The number of fused-ring (bicyclic) bond motifs is 1.